The summed E-state index contributed by atoms with van der Waals surface area (Å²) in [6.07, 6.45) is 0.571. The fourth-order valence-corrected chi connectivity index (χ4v) is 2.91. The summed E-state index contributed by atoms with van der Waals surface area (Å²) in [5.41, 5.74) is 2.93. The van der Waals surface area contributed by atoms with E-state index in [0.717, 1.165) is 29.0 Å². The van der Waals surface area contributed by atoms with Crippen LogP contribution in [0.3, 0.4) is 0 Å². The molecule has 0 amide bonds. The fourth-order valence-electron chi connectivity index (χ4n) is 2.50. The molecule has 1 N–H and O–H groups in total. The van der Waals surface area contributed by atoms with Crippen LogP contribution >= 0.6 is 23.2 Å². The van der Waals surface area contributed by atoms with Crippen LogP contribution in [0.4, 0.5) is 0 Å². The molecular formula is C16H14Cl2N2O. The maximum atomic E-state index is 9.57. The van der Waals surface area contributed by atoms with Crippen LogP contribution in [0.15, 0.2) is 36.4 Å². The Bertz CT molecular complexity index is 811. The highest BCUT2D eigenvalue weighted by Gasteiger charge is 2.13. The molecule has 0 fully saturated rings. The van der Waals surface area contributed by atoms with Crippen molar-refractivity contribution in [3.05, 3.63) is 57.8 Å². The number of hydrogen-bond donors (Lipinski definition) is 1. The molecule has 2 aromatic carbocycles. The topological polar surface area (TPSA) is 38.0 Å². The molecule has 0 radical (unpaired) electrons. The monoisotopic (exact) mass is 320 g/mol. The van der Waals surface area contributed by atoms with Gasteiger partial charge in [0.2, 0.25) is 0 Å². The van der Waals surface area contributed by atoms with Gasteiger partial charge < -0.3 is 9.67 Å². The van der Waals surface area contributed by atoms with E-state index < -0.39 is 0 Å². The van der Waals surface area contributed by atoms with Crippen molar-refractivity contribution in [2.45, 2.75) is 19.9 Å². The van der Waals surface area contributed by atoms with Crippen LogP contribution in [-0.4, -0.2) is 14.7 Å². The first kappa shape index (κ1) is 14.2. The molecule has 0 atom stereocenters. The number of rotatable bonds is 3. The summed E-state index contributed by atoms with van der Waals surface area (Å²) < 4.78 is 2.16. The van der Waals surface area contributed by atoms with E-state index in [9.17, 15) is 5.11 Å². The molecule has 1 aromatic heterocycles. The van der Waals surface area contributed by atoms with Gasteiger partial charge in [0.1, 0.15) is 11.6 Å². The smallest absolute Gasteiger partial charge is 0.135 e. The standard InChI is InChI=1S/C16H14Cl2N2O/c1-2-20-14-6-4-3-5-13(14)19-16(20)8-10-7-12(18)15(21)9-11(10)17/h3-7,9,21H,2,8H2,1H3. The molecule has 0 saturated heterocycles. The summed E-state index contributed by atoms with van der Waals surface area (Å²) in [6, 6.07) is 11.2. The number of aromatic hydroxyl groups is 1. The minimum atomic E-state index is -0.00517. The number of aromatic nitrogens is 2. The summed E-state index contributed by atoms with van der Waals surface area (Å²) in [6.45, 7) is 2.92. The van der Waals surface area contributed by atoms with E-state index in [1.807, 2.05) is 18.2 Å². The maximum Gasteiger partial charge on any atom is 0.135 e. The molecular weight excluding hydrogens is 307 g/mol. The molecule has 3 aromatic rings. The Kier molecular flexibility index (Phi) is 3.79. The largest absolute Gasteiger partial charge is 0.506 e. The van der Waals surface area contributed by atoms with E-state index in [1.165, 1.54) is 6.07 Å². The number of hydrogen-bond acceptors (Lipinski definition) is 2. The second kappa shape index (κ2) is 5.58. The van der Waals surface area contributed by atoms with Gasteiger partial charge in [0.25, 0.3) is 0 Å². The van der Waals surface area contributed by atoms with Gasteiger partial charge in [-0.15, -0.1) is 0 Å². The lowest BCUT2D eigenvalue weighted by Gasteiger charge is -2.09. The molecule has 0 saturated carbocycles. The summed E-state index contributed by atoms with van der Waals surface area (Å²) in [5.74, 6) is 0.928. The lowest BCUT2D eigenvalue weighted by atomic mass is 10.1. The number of phenolic OH excluding ortho intramolecular Hbond substituents is 1. The van der Waals surface area contributed by atoms with Crippen LogP contribution in [0.2, 0.25) is 10.0 Å². The van der Waals surface area contributed by atoms with E-state index >= 15 is 0 Å². The maximum absolute atomic E-state index is 9.57. The number of para-hydroxylation sites is 2. The van der Waals surface area contributed by atoms with Gasteiger partial charge in [-0.25, -0.2) is 4.98 Å². The molecule has 0 spiro atoms. The van der Waals surface area contributed by atoms with E-state index in [4.69, 9.17) is 23.2 Å². The molecule has 0 aliphatic rings. The third kappa shape index (κ3) is 2.59. The van der Waals surface area contributed by atoms with Crippen molar-refractivity contribution in [3.63, 3.8) is 0 Å². The SMILES string of the molecule is CCn1c(Cc2cc(Cl)c(O)cc2Cl)nc2ccccc21. The van der Waals surface area contributed by atoms with Crippen molar-refractivity contribution in [1.29, 1.82) is 0 Å². The molecule has 108 valence electrons. The van der Waals surface area contributed by atoms with Crippen molar-refractivity contribution in [2.24, 2.45) is 0 Å². The Labute approximate surface area is 132 Å². The Balaban J connectivity index is 2.08. The molecule has 5 heteroatoms. The van der Waals surface area contributed by atoms with Gasteiger partial charge in [-0.05, 0) is 30.7 Å². The summed E-state index contributed by atoms with van der Waals surface area (Å²) in [7, 11) is 0. The number of halogens is 2. The average molecular weight is 321 g/mol. The van der Waals surface area contributed by atoms with Crippen molar-refractivity contribution >= 4 is 34.2 Å². The molecule has 21 heavy (non-hydrogen) atoms. The summed E-state index contributed by atoms with van der Waals surface area (Å²) in [5, 5.41) is 10.4. The highest BCUT2D eigenvalue weighted by atomic mass is 35.5. The van der Waals surface area contributed by atoms with E-state index in [1.54, 1.807) is 6.07 Å². The van der Waals surface area contributed by atoms with Gasteiger partial charge in [-0.3, -0.25) is 0 Å². The Morgan fingerprint density at radius 1 is 1.14 bits per heavy atom. The predicted molar refractivity (Wildman–Crippen MR) is 86.3 cm³/mol. The Morgan fingerprint density at radius 3 is 2.67 bits per heavy atom. The van der Waals surface area contributed by atoms with Gasteiger partial charge in [0.05, 0.1) is 16.1 Å². The number of fused-ring (bicyclic) bond motifs is 1. The number of imidazole rings is 1. The molecule has 3 rings (SSSR count). The average Bonchev–Trinajstić information content (AvgIpc) is 2.81. The highest BCUT2D eigenvalue weighted by Crippen LogP contribution is 2.31. The van der Waals surface area contributed by atoms with Crippen LogP contribution < -0.4 is 0 Å². The van der Waals surface area contributed by atoms with Crippen molar-refractivity contribution < 1.29 is 5.11 Å². The molecule has 0 aliphatic heterocycles. The van der Waals surface area contributed by atoms with E-state index in [-0.39, 0.29) is 5.75 Å². The third-order valence-electron chi connectivity index (χ3n) is 3.51. The van der Waals surface area contributed by atoms with Crippen LogP contribution in [0.5, 0.6) is 5.75 Å². The van der Waals surface area contributed by atoms with E-state index in [2.05, 4.69) is 22.5 Å². The first-order chi connectivity index (χ1) is 10.1. The lowest BCUT2D eigenvalue weighted by Crippen LogP contribution is -2.03. The fraction of sp³-hybridized carbons (Fsp3) is 0.188. The highest BCUT2D eigenvalue weighted by molar-refractivity contribution is 6.34. The predicted octanol–water partition coefficient (Wildman–Crippen LogP) is 4.66. The van der Waals surface area contributed by atoms with Crippen LogP contribution in [0.1, 0.15) is 18.3 Å². The first-order valence-corrected chi connectivity index (χ1v) is 7.46. The Hall–Kier alpha value is -1.71. The minimum Gasteiger partial charge on any atom is -0.506 e. The lowest BCUT2D eigenvalue weighted by molar-refractivity contribution is 0.475. The summed E-state index contributed by atoms with van der Waals surface area (Å²) >= 11 is 12.2. The van der Waals surface area contributed by atoms with Gasteiger partial charge >= 0.3 is 0 Å². The van der Waals surface area contributed by atoms with Crippen LogP contribution in [0, 0.1) is 0 Å². The van der Waals surface area contributed by atoms with Crippen molar-refractivity contribution in [3.8, 4) is 5.75 Å². The zero-order valence-corrected chi connectivity index (χ0v) is 13.0. The molecule has 1 heterocycles. The first-order valence-electron chi connectivity index (χ1n) is 6.71. The molecule has 3 nitrogen and oxygen atoms in total. The zero-order chi connectivity index (χ0) is 15.0. The third-order valence-corrected chi connectivity index (χ3v) is 4.17. The Morgan fingerprint density at radius 2 is 1.90 bits per heavy atom. The molecule has 0 unspecified atom stereocenters. The second-order valence-corrected chi connectivity index (χ2v) is 5.65. The van der Waals surface area contributed by atoms with Crippen molar-refractivity contribution in [1.82, 2.24) is 9.55 Å². The number of aryl methyl sites for hydroxylation is 1. The minimum absolute atomic E-state index is 0.00517. The summed E-state index contributed by atoms with van der Waals surface area (Å²) in [4.78, 5) is 4.67. The van der Waals surface area contributed by atoms with Gasteiger partial charge in [-0.2, -0.15) is 0 Å². The number of nitrogens with zero attached hydrogens (tertiary/aromatic N) is 2. The normalized spacial score (nSPS) is 11.2. The van der Waals surface area contributed by atoms with Crippen LogP contribution in [-0.2, 0) is 13.0 Å². The van der Waals surface area contributed by atoms with Crippen LogP contribution in [0.25, 0.3) is 11.0 Å². The van der Waals surface area contributed by atoms with Gasteiger partial charge in [-0.1, -0.05) is 35.3 Å². The molecule has 0 aliphatic carbocycles. The van der Waals surface area contributed by atoms with Gasteiger partial charge in [0, 0.05) is 24.1 Å². The number of phenols is 1. The zero-order valence-electron chi connectivity index (χ0n) is 11.5. The quantitative estimate of drug-likeness (QED) is 0.762. The van der Waals surface area contributed by atoms with Crippen molar-refractivity contribution in [2.75, 3.05) is 0 Å². The number of benzene rings is 2. The van der Waals surface area contributed by atoms with E-state index in [0.29, 0.717) is 16.5 Å². The molecule has 0 bridgehead atoms. The van der Waals surface area contributed by atoms with Gasteiger partial charge in [0.15, 0.2) is 0 Å². The second-order valence-electron chi connectivity index (χ2n) is 4.83.